The minimum atomic E-state index is -0.252. The van der Waals surface area contributed by atoms with E-state index in [-0.39, 0.29) is 12.5 Å². The fraction of sp³-hybridized carbons (Fsp3) is 0.167. The molecule has 1 aromatic heterocycles. The van der Waals surface area contributed by atoms with Gasteiger partial charge in [0.15, 0.2) is 12.2 Å². The Hall–Kier alpha value is -3.31. The molecule has 1 heterocycles. The standard InChI is InChI=1S/C24H21ClN2O3/c1-14-4-8-19-22(10-14)30-24(27-19)17-6-5-15(2)20(12-17)26-23(28)13-29-21-9-7-18(25)11-16(21)3/h4-12H,13H2,1-3H3,(H,26,28). The zero-order valence-electron chi connectivity index (χ0n) is 17.0. The molecule has 0 spiro atoms. The van der Waals surface area contributed by atoms with Crippen molar-refractivity contribution in [2.75, 3.05) is 11.9 Å². The van der Waals surface area contributed by atoms with Gasteiger partial charge in [-0.2, -0.15) is 0 Å². The molecule has 0 atom stereocenters. The Kier molecular flexibility index (Phi) is 5.46. The maximum atomic E-state index is 12.4. The van der Waals surface area contributed by atoms with E-state index in [2.05, 4.69) is 10.3 Å². The third-order valence-electron chi connectivity index (χ3n) is 4.80. The van der Waals surface area contributed by atoms with Gasteiger partial charge >= 0.3 is 0 Å². The Labute approximate surface area is 179 Å². The number of ether oxygens (including phenoxy) is 1. The molecule has 0 fully saturated rings. The summed E-state index contributed by atoms with van der Waals surface area (Å²) in [5.41, 5.74) is 5.93. The van der Waals surface area contributed by atoms with Gasteiger partial charge in [-0.05, 0) is 79.9 Å². The van der Waals surface area contributed by atoms with E-state index in [0.29, 0.717) is 22.4 Å². The Morgan fingerprint density at radius 2 is 1.87 bits per heavy atom. The molecule has 0 aliphatic carbocycles. The van der Waals surface area contributed by atoms with Gasteiger partial charge in [-0.3, -0.25) is 4.79 Å². The fourth-order valence-corrected chi connectivity index (χ4v) is 3.38. The summed E-state index contributed by atoms with van der Waals surface area (Å²) in [6.07, 6.45) is 0. The van der Waals surface area contributed by atoms with Crippen LogP contribution in [0.5, 0.6) is 5.75 Å². The van der Waals surface area contributed by atoms with Crippen LogP contribution in [0.15, 0.2) is 59.0 Å². The van der Waals surface area contributed by atoms with Gasteiger partial charge in [-0.1, -0.05) is 23.7 Å². The zero-order valence-corrected chi connectivity index (χ0v) is 17.7. The van der Waals surface area contributed by atoms with E-state index in [1.165, 1.54) is 0 Å². The molecule has 0 bridgehead atoms. The van der Waals surface area contributed by atoms with Crippen molar-refractivity contribution in [1.29, 1.82) is 0 Å². The summed E-state index contributed by atoms with van der Waals surface area (Å²) in [7, 11) is 0. The number of hydrogen-bond acceptors (Lipinski definition) is 4. The molecular formula is C24H21ClN2O3. The number of rotatable bonds is 5. The summed E-state index contributed by atoms with van der Waals surface area (Å²) in [5, 5.41) is 3.54. The number of amides is 1. The lowest BCUT2D eigenvalue weighted by molar-refractivity contribution is -0.118. The predicted molar refractivity (Wildman–Crippen MR) is 119 cm³/mol. The summed E-state index contributed by atoms with van der Waals surface area (Å²) in [6, 6.07) is 16.9. The number of oxazole rings is 1. The van der Waals surface area contributed by atoms with Crippen LogP contribution in [0.1, 0.15) is 16.7 Å². The molecule has 4 rings (SSSR count). The number of benzene rings is 3. The zero-order chi connectivity index (χ0) is 21.3. The van der Waals surface area contributed by atoms with E-state index in [1.807, 2.05) is 57.2 Å². The molecule has 0 radical (unpaired) electrons. The van der Waals surface area contributed by atoms with Gasteiger partial charge in [0.2, 0.25) is 5.89 Å². The van der Waals surface area contributed by atoms with E-state index in [1.54, 1.807) is 18.2 Å². The molecule has 0 aliphatic rings. The Morgan fingerprint density at radius 3 is 2.67 bits per heavy atom. The molecule has 4 aromatic rings. The number of carbonyl (C=O) groups excluding carboxylic acids is 1. The summed E-state index contributed by atoms with van der Waals surface area (Å²) >= 11 is 5.96. The van der Waals surface area contributed by atoms with Gasteiger partial charge in [0.05, 0.1) is 0 Å². The number of aryl methyl sites for hydroxylation is 3. The topological polar surface area (TPSA) is 64.4 Å². The van der Waals surface area contributed by atoms with Crippen LogP contribution < -0.4 is 10.1 Å². The first kappa shape index (κ1) is 20.0. The summed E-state index contributed by atoms with van der Waals surface area (Å²) in [6.45, 7) is 5.72. The van der Waals surface area contributed by atoms with Crippen molar-refractivity contribution in [3.8, 4) is 17.2 Å². The predicted octanol–water partition coefficient (Wildman–Crippen LogP) is 6.09. The number of nitrogens with zero attached hydrogens (tertiary/aromatic N) is 1. The average molecular weight is 421 g/mol. The minimum absolute atomic E-state index is 0.103. The van der Waals surface area contributed by atoms with Crippen LogP contribution in [0.25, 0.3) is 22.6 Å². The number of fused-ring (bicyclic) bond motifs is 1. The number of aromatic nitrogens is 1. The number of anilines is 1. The van der Waals surface area contributed by atoms with Crippen molar-refractivity contribution >= 4 is 34.3 Å². The van der Waals surface area contributed by atoms with Crippen molar-refractivity contribution < 1.29 is 13.9 Å². The van der Waals surface area contributed by atoms with Crippen LogP contribution in [-0.4, -0.2) is 17.5 Å². The monoisotopic (exact) mass is 420 g/mol. The summed E-state index contributed by atoms with van der Waals surface area (Å²) in [5.74, 6) is 0.888. The second kappa shape index (κ2) is 8.20. The lowest BCUT2D eigenvalue weighted by Crippen LogP contribution is -2.21. The minimum Gasteiger partial charge on any atom is -0.483 e. The molecule has 6 heteroatoms. The second-order valence-electron chi connectivity index (χ2n) is 7.27. The largest absolute Gasteiger partial charge is 0.483 e. The quantitative estimate of drug-likeness (QED) is 0.424. The lowest BCUT2D eigenvalue weighted by Gasteiger charge is -2.12. The molecule has 0 unspecified atom stereocenters. The molecule has 0 aliphatic heterocycles. The van der Waals surface area contributed by atoms with Crippen LogP contribution in [-0.2, 0) is 4.79 Å². The maximum Gasteiger partial charge on any atom is 0.262 e. The van der Waals surface area contributed by atoms with Gasteiger partial charge < -0.3 is 14.5 Å². The van der Waals surface area contributed by atoms with Crippen LogP contribution in [0, 0.1) is 20.8 Å². The van der Waals surface area contributed by atoms with Crippen molar-refractivity contribution in [3.63, 3.8) is 0 Å². The van der Waals surface area contributed by atoms with Crippen molar-refractivity contribution in [2.24, 2.45) is 0 Å². The van der Waals surface area contributed by atoms with Gasteiger partial charge in [-0.15, -0.1) is 0 Å². The molecular weight excluding hydrogens is 400 g/mol. The molecule has 152 valence electrons. The van der Waals surface area contributed by atoms with Gasteiger partial charge in [0.25, 0.3) is 5.91 Å². The fourth-order valence-electron chi connectivity index (χ4n) is 3.15. The highest BCUT2D eigenvalue weighted by atomic mass is 35.5. The average Bonchev–Trinajstić information content (AvgIpc) is 3.12. The van der Waals surface area contributed by atoms with E-state index in [9.17, 15) is 4.79 Å². The van der Waals surface area contributed by atoms with E-state index in [4.69, 9.17) is 20.8 Å². The SMILES string of the molecule is Cc1ccc2nc(-c3ccc(C)c(NC(=O)COc4ccc(Cl)cc4C)c3)oc2c1. The highest BCUT2D eigenvalue weighted by Gasteiger charge is 2.12. The first-order valence-corrected chi connectivity index (χ1v) is 9.94. The number of hydrogen-bond donors (Lipinski definition) is 1. The van der Waals surface area contributed by atoms with Gasteiger partial charge in [0, 0.05) is 16.3 Å². The highest BCUT2D eigenvalue weighted by Crippen LogP contribution is 2.28. The van der Waals surface area contributed by atoms with Crippen molar-refractivity contribution in [3.05, 3.63) is 76.3 Å². The molecule has 0 saturated heterocycles. The lowest BCUT2D eigenvalue weighted by atomic mass is 10.1. The van der Waals surface area contributed by atoms with Crippen LogP contribution >= 0.6 is 11.6 Å². The Balaban J connectivity index is 1.50. The Morgan fingerprint density at radius 1 is 1.03 bits per heavy atom. The van der Waals surface area contributed by atoms with E-state index < -0.39 is 0 Å². The smallest absolute Gasteiger partial charge is 0.262 e. The maximum absolute atomic E-state index is 12.4. The Bertz CT molecular complexity index is 1250. The molecule has 1 amide bonds. The van der Waals surface area contributed by atoms with Crippen LogP contribution in [0.4, 0.5) is 5.69 Å². The third kappa shape index (κ3) is 4.31. The molecule has 1 N–H and O–H groups in total. The van der Waals surface area contributed by atoms with E-state index in [0.717, 1.165) is 33.4 Å². The third-order valence-corrected chi connectivity index (χ3v) is 5.03. The van der Waals surface area contributed by atoms with Crippen LogP contribution in [0.2, 0.25) is 5.02 Å². The van der Waals surface area contributed by atoms with E-state index >= 15 is 0 Å². The van der Waals surface area contributed by atoms with Crippen molar-refractivity contribution in [2.45, 2.75) is 20.8 Å². The molecule has 3 aromatic carbocycles. The first-order chi connectivity index (χ1) is 14.4. The number of halogens is 1. The van der Waals surface area contributed by atoms with Gasteiger partial charge in [-0.25, -0.2) is 4.98 Å². The summed E-state index contributed by atoms with van der Waals surface area (Å²) < 4.78 is 11.5. The molecule has 0 saturated carbocycles. The first-order valence-electron chi connectivity index (χ1n) is 9.56. The van der Waals surface area contributed by atoms with Gasteiger partial charge in [0.1, 0.15) is 11.3 Å². The van der Waals surface area contributed by atoms with Crippen LogP contribution in [0.3, 0.4) is 0 Å². The van der Waals surface area contributed by atoms with Crippen molar-refractivity contribution in [1.82, 2.24) is 4.98 Å². The summed E-state index contributed by atoms with van der Waals surface area (Å²) in [4.78, 5) is 17.0. The number of nitrogens with one attached hydrogen (secondary N) is 1. The molecule has 5 nitrogen and oxygen atoms in total. The second-order valence-corrected chi connectivity index (χ2v) is 7.70. The normalized spacial score (nSPS) is 10.9. The highest BCUT2D eigenvalue weighted by molar-refractivity contribution is 6.30. The molecule has 30 heavy (non-hydrogen) atoms. The number of carbonyl (C=O) groups is 1.